The van der Waals surface area contributed by atoms with Crippen LogP contribution in [-0.2, 0) is 0 Å². The molecule has 3 aromatic rings. The largest absolute Gasteiger partial charge is 0.481 e. The SMILES string of the molecule is COc1cc(-n2nnc(-c3ccccc3)n2)nc(N)n1. The van der Waals surface area contributed by atoms with Crippen LogP contribution in [0, 0.1) is 0 Å². The summed E-state index contributed by atoms with van der Waals surface area (Å²) in [5.74, 6) is 1.31. The first-order valence-electron chi connectivity index (χ1n) is 5.80. The Morgan fingerprint density at radius 1 is 1.15 bits per heavy atom. The van der Waals surface area contributed by atoms with Gasteiger partial charge in [0.25, 0.3) is 0 Å². The number of benzene rings is 1. The molecule has 8 nitrogen and oxygen atoms in total. The van der Waals surface area contributed by atoms with Gasteiger partial charge in [0.2, 0.25) is 17.7 Å². The minimum Gasteiger partial charge on any atom is -0.481 e. The second-order valence-electron chi connectivity index (χ2n) is 3.90. The van der Waals surface area contributed by atoms with Crippen molar-refractivity contribution >= 4 is 5.95 Å². The minimum absolute atomic E-state index is 0.0814. The lowest BCUT2D eigenvalue weighted by atomic mass is 10.2. The zero-order chi connectivity index (χ0) is 13.9. The van der Waals surface area contributed by atoms with Gasteiger partial charge in [-0.2, -0.15) is 9.97 Å². The summed E-state index contributed by atoms with van der Waals surface area (Å²) in [5, 5.41) is 12.2. The molecule has 0 spiro atoms. The second-order valence-corrected chi connectivity index (χ2v) is 3.90. The zero-order valence-electron chi connectivity index (χ0n) is 10.6. The molecule has 0 atom stereocenters. The van der Waals surface area contributed by atoms with Crippen molar-refractivity contribution in [1.82, 2.24) is 30.2 Å². The number of hydrogen-bond acceptors (Lipinski definition) is 7. The molecule has 0 amide bonds. The Morgan fingerprint density at radius 3 is 2.70 bits per heavy atom. The first-order chi connectivity index (χ1) is 9.76. The topological polar surface area (TPSA) is 105 Å². The Labute approximate surface area is 114 Å². The van der Waals surface area contributed by atoms with Crippen LogP contribution in [0.25, 0.3) is 17.2 Å². The molecule has 0 unspecified atom stereocenters. The molecule has 2 aromatic heterocycles. The predicted octanol–water partition coefficient (Wildman–Crippen LogP) is 0.710. The van der Waals surface area contributed by atoms with Gasteiger partial charge in [-0.25, -0.2) is 0 Å². The van der Waals surface area contributed by atoms with E-state index < -0.39 is 0 Å². The van der Waals surface area contributed by atoms with E-state index in [1.807, 2.05) is 30.3 Å². The van der Waals surface area contributed by atoms with Crippen LogP contribution in [0.15, 0.2) is 36.4 Å². The van der Waals surface area contributed by atoms with Gasteiger partial charge in [-0.15, -0.1) is 15.0 Å². The molecule has 0 bridgehead atoms. The van der Waals surface area contributed by atoms with E-state index in [1.165, 1.54) is 11.9 Å². The van der Waals surface area contributed by atoms with Crippen molar-refractivity contribution in [2.24, 2.45) is 0 Å². The molecule has 8 heteroatoms. The average molecular weight is 269 g/mol. The number of hydrogen-bond donors (Lipinski definition) is 1. The van der Waals surface area contributed by atoms with E-state index in [2.05, 4.69) is 25.4 Å². The van der Waals surface area contributed by atoms with Crippen LogP contribution in [0.5, 0.6) is 5.88 Å². The Kier molecular flexibility index (Phi) is 2.96. The third-order valence-corrected chi connectivity index (χ3v) is 2.57. The predicted molar refractivity (Wildman–Crippen MR) is 71.1 cm³/mol. The number of ether oxygens (including phenoxy) is 1. The summed E-state index contributed by atoms with van der Waals surface area (Å²) in [6, 6.07) is 11.1. The van der Waals surface area contributed by atoms with Crippen LogP contribution >= 0.6 is 0 Å². The molecule has 0 saturated heterocycles. The van der Waals surface area contributed by atoms with E-state index in [0.29, 0.717) is 17.5 Å². The third-order valence-electron chi connectivity index (χ3n) is 2.57. The molecule has 0 fully saturated rings. The lowest BCUT2D eigenvalue weighted by Crippen LogP contribution is -2.06. The molecular formula is C12H11N7O. The number of nitrogens with two attached hydrogens (primary N) is 1. The highest BCUT2D eigenvalue weighted by molar-refractivity contribution is 5.53. The second kappa shape index (κ2) is 4.92. The van der Waals surface area contributed by atoms with Crippen LogP contribution in [-0.4, -0.2) is 37.3 Å². The van der Waals surface area contributed by atoms with Crippen LogP contribution in [0.1, 0.15) is 0 Å². The first kappa shape index (κ1) is 12.0. The number of tetrazole rings is 1. The van der Waals surface area contributed by atoms with Crippen molar-refractivity contribution in [3.63, 3.8) is 0 Å². The van der Waals surface area contributed by atoms with E-state index in [0.717, 1.165) is 5.56 Å². The summed E-state index contributed by atoms with van der Waals surface area (Å²) in [5.41, 5.74) is 6.47. The number of anilines is 1. The highest BCUT2D eigenvalue weighted by atomic mass is 16.5. The number of nitrogens with zero attached hydrogens (tertiary/aromatic N) is 6. The van der Waals surface area contributed by atoms with Crippen LogP contribution < -0.4 is 10.5 Å². The molecular weight excluding hydrogens is 258 g/mol. The smallest absolute Gasteiger partial charge is 0.225 e. The van der Waals surface area contributed by atoms with Gasteiger partial charge < -0.3 is 10.5 Å². The minimum atomic E-state index is 0.0814. The quantitative estimate of drug-likeness (QED) is 0.746. The maximum atomic E-state index is 5.60. The van der Waals surface area contributed by atoms with Crippen molar-refractivity contribution in [2.45, 2.75) is 0 Å². The van der Waals surface area contributed by atoms with Crippen LogP contribution in [0.2, 0.25) is 0 Å². The van der Waals surface area contributed by atoms with E-state index in [4.69, 9.17) is 10.5 Å². The Morgan fingerprint density at radius 2 is 1.95 bits per heavy atom. The standard InChI is InChI=1S/C12H11N7O/c1-20-10-7-9(14-12(13)15-10)19-17-11(16-18-19)8-5-3-2-4-6-8/h2-7H,1H3,(H2,13,14,15). The maximum Gasteiger partial charge on any atom is 0.225 e. The van der Waals surface area contributed by atoms with Gasteiger partial charge in [-0.3, -0.25) is 0 Å². The van der Waals surface area contributed by atoms with E-state index in [9.17, 15) is 0 Å². The van der Waals surface area contributed by atoms with E-state index in [-0.39, 0.29) is 5.95 Å². The maximum absolute atomic E-state index is 5.60. The molecule has 0 aliphatic heterocycles. The third kappa shape index (κ3) is 2.26. The molecule has 2 N–H and O–H groups in total. The molecule has 0 aliphatic carbocycles. The molecule has 1 aromatic carbocycles. The summed E-state index contributed by atoms with van der Waals surface area (Å²) in [7, 11) is 1.50. The first-order valence-corrected chi connectivity index (χ1v) is 5.80. The number of nitrogen functional groups attached to an aromatic ring is 1. The molecule has 0 radical (unpaired) electrons. The Hall–Kier alpha value is -3.03. The monoisotopic (exact) mass is 269 g/mol. The summed E-state index contributed by atoms with van der Waals surface area (Å²) in [4.78, 5) is 9.22. The van der Waals surface area contributed by atoms with E-state index in [1.54, 1.807) is 6.07 Å². The summed E-state index contributed by atoms with van der Waals surface area (Å²) in [6.45, 7) is 0. The molecule has 0 saturated carbocycles. The summed E-state index contributed by atoms with van der Waals surface area (Å²) < 4.78 is 5.03. The van der Waals surface area contributed by atoms with Gasteiger partial charge in [0.05, 0.1) is 7.11 Å². The molecule has 20 heavy (non-hydrogen) atoms. The van der Waals surface area contributed by atoms with Gasteiger partial charge in [-0.05, 0) is 5.21 Å². The molecule has 100 valence electrons. The van der Waals surface area contributed by atoms with Gasteiger partial charge >= 0.3 is 0 Å². The van der Waals surface area contributed by atoms with Gasteiger partial charge in [0.1, 0.15) is 0 Å². The summed E-state index contributed by atoms with van der Waals surface area (Å²) in [6.07, 6.45) is 0. The normalized spacial score (nSPS) is 10.4. The molecule has 0 aliphatic rings. The van der Waals surface area contributed by atoms with Gasteiger partial charge in [0.15, 0.2) is 5.82 Å². The van der Waals surface area contributed by atoms with Crippen molar-refractivity contribution in [3.8, 4) is 23.1 Å². The van der Waals surface area contributed by atoms with Crippen molar-refractivity contribution < 1.29 is 4.74 Å². The van der Waals surface area contributed by atoms with Crippen molar-refractivity contribution in [2.75, 3.05) is 12.8 Å². The average Bonchev–Trinajstić information content (AvgIpc) is 2.97. The fourth-order valence-electron chi connectivity index (χ4n) is 1.65. The summed E-state index contributed by atoms with van der Waals surface area (Å²) >= 11 is 0. The van der Waals surface area contributed by atoms with Gasteiger partial charge in [-0.1, -0.05) is 30.3 Å². The number of aromatic nitrogens is 6. The van der Waals surface area contributed by atoms with Crippen LogP contribution in [0.3, 0.4) is 0 Å². The lowest BCUT2D eigenvalue weighted by molar-refractivity contribution is 0.397. The number of methoxy groups -OCH3 is 1. The fourth-order valence-corrected chi connectivity index (χ4v) is 1.65. The van der Waals surface area contributed by atoms with Crippen LogP contribution in [0.4, 0.5) is 5.95 Å². The highest BCUT2D eigenvalue weighted by Gasteiger charge is 2.10. The number of rotatable bonds is 3. The Bertz CT molecular complexity index is 726. The van der Waals surface area contributed by atoms with Gasteiger partial charge in [0, 0.05) is 11.6 Å². The Balaban J connectivity index is 2.00. The fraction of sp³-hybridized carbons (Fsp3) is 0.0833. The van der Waals surface area contributed by atoms with Crippen molar-refractivity contribution in [3.05, 3.63) is 36.4 Å². The van der Waals surface area contributed by atoms with E-state index >= 15 is 0 Å². The lowest BCUT2D eigenvalue weighted by Gasteiger charge is -2.02. The zero-order valence-corrected chi connectivity index (χ0v) is 10.6. The van der Waals surface area contributed by atoms with Crippen molar-refractivity contribution in [1.29, 1.82) is 0 Å². The molecule has 3 rings (SSSR count). The molecule has 2 heterocycles. The highest BCUT2D eigenvalue weighted by Crippen LogP contribution is 2.15.